The van der Waals surface area contributed by atoms with E-state index in [-0.39, 0.29) is 11.7 Å². The number of hydrogen-bond donors (Lipinski definition) is 2. The van der Waals surface area contributed by atoms with E-state index in [0.717, 1.165) is 67.1 Å². The van der Waals surface area contributed by atoms with Gasteiger partial charge >= 0.3 is 11.8 Å². The van der Waals surface area contributed by atoms with Crippen molar-refractivity contribution < 1.29 is 14.0 Å². The van der Waals surface area contributed by atoms with Gasteiger partial charge in [0.15, 0.2) is 5.13 Å². The van der Waals surface area contributed by atoms with E-state index in [4.69, 9.17) is 0 Å². The van der Waals surface area contributed by atoms with Gasteiger partial charge < -0.3 is 9.88 Å². The summed E-state index contributed by atoms with van der Waals surface area (Å²) in [5.41, 5.74) is 3.39. The van der Waals surface area contributed by atoms with Gasteiger partial charge in [0.25, 0.3) is 0 Å². The molecule has 0 spiro atoms. The third kappa shape index (κ3) is 4.24. The Labute approximate surface area is 203 Å². The Bertz CT molecular complexity index is 1220. The van der Waals surface area contributed by atoms with Gasteiger partial charge in [-0.15, -0.1) is 11.3 Å². The average Bonchev–Trinajstić information content (AvgIpc) is 3.46. The smallest absolute Gasteiger partial charge is 0.315 e. The summed E-state index contributed by atoms with van der Waals surface area (Å²) in [5.74, 6) is -1.15. The number of thiazole rings is 1. The summed E-state index contributed by atoms with van der Waals surface area (Å²) in [5, 5.41) is 4.18. The van der Waals surface area contributed by atoms with Gasteiger partial charge in [0, 0.05) is 35.1 Å². The van der Waals surface area contributed by atoms with Crippen molar-refractivity contribution in [1.29, 1.82) is 0 Å². The maximum Gasteiger partial charge on any atom is 0.315 e. The van der Waals surface area contributed by atoms with E-state index in [9.17, 15) is 14.0 Å². The van der Waals surface area contributed by atoms with Crippen molar-refractivity contribution >= 4 is 39.2 Å². The number of benzene rings is 1. The number of aryl methyl sites for hydroxylation is 1. The maximum absolute atomic E-state index is 13.7. The number of fused-ring (bicyclic) bond motifs is 2. The summed E-state index contributed by atoms with van der Waals surface area (Å²) in [6.07, 6.45) is 8.77. The molecule has 3 heterocycles. The van der Waals surface area contributed by atoms with Crippen LogP contribution < -0.4 is 5.32 Å². The van der Waals surface area contributed by atoms with Crippen molar-refractivity contribution in [2.75, 3.05) is 18.4 Å². The van der Waals surface area contributed by atoms with Crippen LogP contribution in [0.1, 0.15) is 68.0 Å². The second-order valence-corrected chi connectivity index (χ2v) is 10.8. The first kappa shape index (κ1) is 23.0. The lowest BCUT2D eigenvalue weighted by molar-refractivity contribution is -0.143. The number of rotatable bonds is 4. The number of hydrogen-bond acceptors (Lipinski definition) is 4. The minimum Gasteiger partial charge on any atom is -0.361 e. The van der Waals surface area contributed by atoms with Gasteiger partial charge in [-0.1, -0.05) is 26.7 Å². The second-order valence-electron chi connectivity index (χ2n) is 9.73. The van der Waals surface area contributed by atoms with Gasteiger partial charge in [0.1, 0.15) is 5.82 Å². The summed E-state index contributed by atoms with van der Waals surface area (Å²) >= 11 is 1.51. The highest BCUT2D eigenvalue weighted by Crippen LogP contribution is 2.43. The zero-order chi connectivity index (χ0) is 23.9. The summed E-state index contributed by atoms with van der Waals surface area (Å²) < 4.78 is 13.7. The van der Waals surface area contributed by atoms with Gasteiger partial charge in [0.05, 0.1) is 5.69 Å². The van der Waals surface area contributed by atoms with E-state index in [0.29, 0.717) is 23.6 Å². The Balaban J connectivity index is 1.20. The minimum atomic E-state index is -0.615. The van der Waals surface area contributed by atoms with Crippen molar-refractivity contribution in [3.63, 3.8) is 0 Å². The lowest BCUT2D eigenvalue weighted by Crippen LogP contribution is -2.43. The first-order valence-corrected chi connectivity index (χ1v) is 13.1. The third-order valence-corrected chi connectivity index (χ3v) is 9.03. The Morgan fingerprint density at radius 3 is 2.76 bits per heavy atom. The molecule has 1 fully saturated rings. The maximum atomic E-state index is 13.7. The molecule has 1 aliphatic heterocycles. The predicted molar refractivity (Wildman–Crippen MR) is 133 cm³/mol. The molecule has 0 radical (unpaired) electrons. The number of nitrogens with one attached hydrogen (secondary N) is 2. The quantitative estimate of drug-likeness (QED) is 0.489. The fourth-order valence-electron chi connectivity index (χ4n) is 5.58. The first-order valence-electron chi connectivity index (χ1n) is 12.3. The number of anilines is 1. The molecule has 2 aromatic heterocycles. The lowest BCUT2D eigenvalue weighted by atomic mass is 9.71. The van der Waals surface area contributed by atoms with Crippen LogP contribution in [-0.4, -0.2) is 39.8 Å². The summed E-state index contributed by atoms with van der Waals surface area (Å²) in [6, 6.07) is 4.76. The highest BCUT2D eigenvalue weighted by molar-refractivity contribution is 7.16. The summed E-state index contributed by atoms with van der Waals surface area (Å²) in [7, 11) is 0. The molecule has 2 amide bonds. The summed E-state index contributed by atoms with van der Waals surface area (Å²) in [4.78, 5) is 36.2. The van der Waals surface area contributed by atoms with Gasteiger partial charge in [-0.2, -0.15) is 0 Å². The molecule has 8 heteroatoms. The van der Waals surface area contributed by atoms with Crippen LogP contribution in [0.15, 0.2) is 24.4 Å². The van der Waals surface area contributed by atoms with Crippen molar-refractivity contribution in [2.45, 2.75) is 64.7 Å². The normalized spacial score (nSPS) is 18.1. The fraction of sp³-hybridized carbons (Fsp3) is 0.500. The molecular formula is C26H31FN4O2S. The number of carbonyl (C=O) groups is 2. The Kier molecular flexibility index (Phi) is 6.18. The standard InChI is InChI=1S/C26H31FN4O2S/c1-3-26(4-2)10-7-21-22(14-26)34-25(29-21)30-23(32)24(33)31-11-8-16(9-12-31)19-15-28-20-6-5-17(27)13-18(19)20/h5-6,13,15-16,28H,3-4,7-12,14H2,1-2H3,(H,29,30,32). The van der Waals surface area contributed by atoms with Crippen LogP contribution in [0.2, 0.25) is 0 Å². The average molecular weight is 483 g/mol. The number of piperidine rings is 1. The molecule has 6 nitrogen and oxygen atoms in total. The molecule has 34 heavy (non-hydrogen) atoms. The van der Waals surface area contributed by atoms with Gasteiger partial charge in [0.2, 0.25) is 0 Å². The van der Waals surface area contributed by atoms with E-state index in [1.165, 1.54) is 22.3 Å². The number of carbonyl (C=O) groups excluding carboxylic acids is 2. The molecule has 1 saturated heterocycles. The molecule has 2 aliphatic rings. The van der Waals surface area contributed by atoms with E-state index in [1.54, 1.807) is 17.0 Å². The van der Waals surface area contributed by atoms with E-state index < -0.39 is 11.8 Å². The van der Waals surface area contributed by atoms with Crippen molar-refractivity contribution in [2.24, 2.45) is 5.41 Å². The summed E-state index contributed by atoms with van der Waals surface area (Å²) in [6.45, 7) is 5.50. The fourth-order valence-corrected chi connectivity index (χ4v) is 6.75. The molecule has 0 atom stereocenters. The molecule has 0 unspecified atom stereocenters. The van der Waals surface area contributed by atoms with E-state index in [1.807, 2.05) is 6.20 Å². The molecule has 1 aliphatic carbocycles. The van der Waals surface area contributed by atoms with Crippen LogP contribution in [0.3, 0.4) is 0 Å². The van der Waals surface area contributed by atoms with Crippen LogP contribution in [0, 0.1) is 11.2 Å². The van der Waals surface area contributed by atoms with Crippen molar-refractivity contribution in [1.82, 2.24) is 14.9 Å². The number of likely N-dealkylation sites (tertiary alicyclic amines) is 1. The highest BCUT2D eigenvalue weighted by atomic mass is 32.1. The SMILES string of the molecule is CCC1(CC)CCc2nc(NC(=O)C(=O)N3CCC(c4c[nH]c5ccc(F)cc45)CC3)sc2C1. The molecule has 180 valence electrons. The topological polar surface area (TPSA) is 78.1 Å². The minimum absolute atomic E-state index is 0.228. The van der Waals surface area contributed by atoms with Gasteiger partial charge in [-0.25, -0.2) is 9.37 Å². The Hall–Kier alpha value is -2.74. The van der Waals surface area contributed by atoms with Crippen LogP contribution in [0.25, 0.3) is 10.9 Å². The number of H-pyrrole nitrogens is 1. The largest absolute Gasteiger partial charge is 0.361 e. The second kappa shape index (κ2) is 9.13. The van der Waals surface area contributed by atoms with Gasteiger partial charge in [-0.05, 0) is 67.2 Å². The van der Waals surface area contributed by atoms with Crippen molar-refractivity contribution in [3.05, 3.63) is 46.3 Å². The Morgan fingerprint density at radius 2 is 2.03 bits per heavy atom. The number of aromatic amines is 1. The third-order valence-electron chi connectivity index (χ3n) is 8.02. The van der Waals surface area contributed by atoms with Crippen LogP contribution in [-0.2, 0) is 22.4 Å². The zero-order valence-electron chi connectivity index (χ0n) is 19.7. The highest BCUT2D eigenvalue weighted by Gasteiger charge is 2.34. The molecule has 1 aromatic carbocycles. The molecule has 2 N–H and O–H groups in total. The van der Waals surface area contributed by atoms with Crippen LogP contribution in [0.5, 0.6) is 0 Å². The molecule has 0 saturated carbocycles. The van der Waals surface area contributed by atoms with E-state index in [2.05, 4.69) is 29.1 Å². The van der Waals surface area contributed by atoms with Crippen molar-refractivity contribution in [3.8, 4) is 0 Å². The number of halogens is 1. The van der Waals surface area contributed by atoms with Crippen LogP contribution >= 0.6 is 11.3 Å². The van der Waals surface area contributed by atoms with Gasteiger partial charge in [-0.3, -0.25) is 14.9 Å². The molecular weight excluding hydrogens is 451 g/mol. The molecule has 0 bridgehead atoms. The number of amides is 2. The monoisotopic (exact) mass is 482 g/mol. The van der Waals surface area contributed by atoms with Crippen LogP contribution in [0.4, 0.5) is 9.52 Å². The molecule has 5 rings (SSSR count). The first-order chi connectivity index (χ1) is 16.4. The zero-order valence-corrected chi connectivity index (χ0v) is 20.6. The Morgan fingerprint density at radius 1 is 1.26 bits per heavy atom. The number of aromatic nitrogens is 2. The molecule has 3 aromatic rings. The lowest BCUT2D eigenvalue weighted by Gasteiger charge is -2.34. The number of nitrogens with zero attached hydrogens (tertiary/aromatic N) is 2. The van der Waals surface area contributed by atoms with E-state index >= 15 is 0 Å². The predicted octanol–water partition coefficient (Wildman–Crippen LogP) is 5.40.